The number of amides is 1. The van der Waals surface area contributed by atoms with Gasteiger partial charge in [-0.3, -0.25) is 4.79 Å². The van der Waals surface area contributed by atoms with Crippen molar-refractivity contribution in [1.29, 1.82) is 0 Å². The Bertz CT molecular complexity index is 322. The standard InChI is InChI=1S/C10H14N2O/c1-6-4-9(12-8(3)13)5-7(2)10(6)11/h4-5H,11H2,1-3H3,(H,12,13). The van der Waals surface area contributed by atoms with Crippen LogP contribution in [-0.4, -0.2) is 5.91 Å². The van der Waals surface area contributed by atoms with Crippen LogP contribution in [0.2, 0.25) is 0 Å². The molecule has 0 saturated carbocycles. The molecule has 0 radical (unpaired) electrons. The van der Waals surface area contributed by atoms with E-state index < -0.39 is 0 Å². The maximum absolute atomic E-state index is 10.8. The Morgan fingerprint density at radius 3 is 2.15 bits per heavy atom. The summed E-state index contributed by atoms with van der Waals surface area (Å²) in [5.41, 5.74) is 9.34. The van der Waals surface area contributed by atoms with Crippen LogP contribution in [0, 0.1) is 13.8 Å². The van der Waals surface area contributed by atoms with E-state index in [4.69, 9.17) is 5.73 Å². The van der Waals surface area contributed by atoms with E-state index in [0.29, 0.717) is 0 Å². The first-order chi connectivity index (χ1) is 6.00. The summed E-state index contributed by atoms with van der Waals surface area (Å²) in [4.78, 5) is 10.8. The Labute approximate surface area is 77.9 Å². The highest BCUT2D eigenvalue weighted by molar-refractivity contribution is 5.89. The molecule has 13 heavy (non-hydrogen) atoms. The molecule has 0 fully saturated rings. The molecule has 0 bridgehead atoms. The van der Waals surface area contributed by atoms with E-state index in [0.717, 1.165) is 22.5 Å². The van der Waals surface area contributed by atoms with Crippen molar-refractivity contribution in [3.8, 4) is 0 Å². The van der Waals surface area contributed by atoms with E-state index in [1.165, 1.54) is 6.92 Å². The average molecular weight is 178 g/mol. The second kappa shape index (κ2) is 3.47. The number of carbonyl (C=O) groups is 1. The third kappa shape index (κ3) is 2.21. The maximum Gasteiger partial charge on any atom is 0.221 e. The van der Waals surface area contributed by atoms with Crippen molar-refractivity contribution in [2.75, 3.05) is 11.1 Å². The van der Waals surface area contributed by atoms with Gasteiger partial charge in [-0.25, -0.2) is 0 Å². The number of anilines is 2. The molecule has 0 aliphatic carbocycles. The van der Waals surface area contributed by atoms with Crippen LogP contribution in [0.4, 0.5) is 11.4 Å². The van der Waals surface area contributed by atoms with Crippen LogP contribution in [0.5, 0.6) is 0 Å². The molecule has 3 N–H and O–H groups in total. The van der Waals surface area contributed by atoms with E-state index in [1.807, 2.05) is 26.0 Å². The first-order valence-electron chi connectivity index (χ1n) is 4.15. The quantitative estimate of drug-likeness (QED) is 0.645. The molecule has 1 aromatic carbocycles. The van der Waals surface area contributed by atoms with Gasteiger partial charge in [0.2, 0.25) is 5.91 Å². The van der Waals surface area contributed by atoms with Crippen molar-refractivity contribution in [2.24, 2.45) is 0 Å². The van der Waals surface area contributed by atoms with E-state index in [1.54, 1.807) is 0 Å². The Kier molecular flexibility index (Phi) is 2.56. The van der Waals surface area contributed by atoms with E-state index in [2.05, 4.69) is 5.32 Å². The topological polar surface area (TPSA) is 55.1 Å². The van der Waals surface area contributed by atoms with Crippen LogP contribution in [0.25, 0.3) is 0 Å². The van der Waals surface area contributed by atoms with Crippen molar-refractivity contribution in [3.05, 3.63) is 23.3 Å². The molecule has 1 rings (SSSR count). The van der Waals surface area contributed by atoms with Gasteiger partial charge in [-0.1, -0.05) is 0 Å². The Hall–Kier alpha value is -1.51. The predicted octanol–water partition coefficient (Wildman–Crippen LogP) is 1.84. The van der Waals surface area contributed by atoms with Crippen molar-refractivity contribution in [2.45, 2.75) is 20.8 Å². The van der Waals surface area contributed by atoms with Gasteiger partial charge in [0.05, 0.1) is 0 Å². The van der Waals surface area contributed by atoms with Gasteiger partial charge in [-0.15, -0.1) is 0 Å². The number of nitrogens with two attached hydrogens (primary N) is 1. The first kappa shape index (κ1) is 9.58. The summed E-state index contributed by atoms with van der Waals surface area (Å²) in [6.45, 7) is 5.34. The fourth-order valence-electron chi connectivity index (χ4n) is 1.25. The summed E-state index contributed by atoms with van der Waals surface area (Å²) in [6, 6.07) is 3.73. The lowest BCUT2D eigenvalue weighted by atomic mass is 10.1. The van der Waals surface area contributed by atoms with Crippen LogP contribution < -0.4 is 11.1 Å². The van der Waals surface area contributed by atoms with E-state index >= 15 is 0 Å². The molecular formula is C10H14N2O. The summed E-state index contributed by atoms with van der Waals surface area (Å²) in [5, 5.41) is 2.72. The van der Waals surface area contributed by atoms with Gasteiger partial charge in [0.1, 0.15) is 0 Å². The Balaban J connectivity index is 3.06. The zero-order valence-electron chi connectivity index (χ0n) is 8.14. The maximum atomic E-state index is 10.8. The lowest BCUT2D eigenvalue weighted by molar-refractivity contribution is -0.114. The summed E-state index contributed by atoms with van der Waals surface area (Å²) in [7, 11) is 0. The van der Waals surface area contributed by atoms with E-state index in [9.17, 15) is 4.79 Å². The SMILES string of the molecule is CC(=O)Nc1cc(C)c(N)c(C)c1. The third-order valence-electron chi connectivity index (χ3n) is 1.91. The van der Waals surface area contributed by atoms with E-state index in [-0.39, 0.29) is 5.91 Å². The molecule has 0 atom stereocenters. The van der Waals surface area contributed by atoms with Crippen LogP contribution >= 0.6 is 0 Å². The highest BCUT2D eigenvalue weighted by Gasteiger charge is 2.01. The van der Waals surface area contributed by atoms with Crippen molar-refractivity contribution in [3.63, 3.8) is 0 Å². The lowest BCUT2D eigenvalue weighted by Gasteiger charge is -2.08. The van der Waals surface area contributed by atoms with Crippen LogP contribution in [0.1, 0.15) is 18.1 Å². The summed E-state index contributed by atoms with van der Waals surface area (Å²) >= 11 is 0. The number of carbonyl (C=O) groups excluding carboxylic acids is 1. The number of nitrogens with one attached hydrogen (secondary N) is 1. The lowest BCUT2D eigenvalue weighted by Crippen LogP contribution is -2.07. The minimum Gasteiger partial charge on any atom is -0.398 e. The van der Waals surface area contributed by atoms with Crippen molar-refractivity contribution < 1.29 is 4.79 Å². The minimum atomic E-state index is -0.0661. The van der Waals surface area contributed by atoms with Crippen molar-refractivity contribution >= 4 is 17.3 Å². The molecule has 70 valence electrons. The molecule has 1 amide bonds. The molecule has 0 saturated heterocycles. The van der Waals surface area contributed by atoms with Gasteiger partial charge in [0.15, 0.2) is 0 Å². The average Bonchev–Trinajstić information content (AvgIpc) is 1.98. The molecule has 0 aliphatic heterocycles. The number of nitrogen functional groups attached to an aromatic ring is 1. The molecule has 0 spiro atoms. The second-order valence-electron chi connectivity index (χ2n) is 3.20. The van der Waals surface area contributed by atoms with Gasteiger partial charge in [-0.2, -0.15) is 0 Å². The predicted molar refractivity (Wildman–Crippen MR) is 54.6 cm³/mol. The highest BCUT2D eigenvalue weighted by Crippen LogP contribution is 2.21. The Morgan fingerprint density at radius 2 is 1.77 bits per heavy atom. The number of aryl methyl sites for hydroxylation is 2. The van der Waals surface area contributed by atoms with Crippen LogP contribution in [0.15, 0.2) is 12.1 Å². The summed E-state index contributed by atoms with van der Waals surface area (Å²) in [6.07, 6.45) is 0. The fraction of sp³-hybridized carbons (Fsp3) is 0.300. The largest absolute Gasteiger partial charge is 0.398 e. The fourth-order valence-corrected chi connectivity index (χ4v) is 1.25. The first-order valence-corrected chi connectivity index (χ1v) is 4.15. The molecule has 0 aliphatic rings. The van der Waals surface area contributed by atoms with Gasteiger partial charge in [0, 0.05) is 18.3 Å². The van der Waals surface area contributed by atoms with Gasteiger partial charge >= 0.3 is 0 Å². The van der Waals surface area contributed by atoms with Gasteiger partial charge in [-0.05, 0) is 37.1 Å². The molecule has 3 nitrogen and oxygen atoms in total. The zero-order valence-corrected chi connectivity index (χ0v) is 8.14. The third-order valence-corrected chi connectivity index (χ3v) is 1.91. The number of hydrogen-bond donors (Lipinski definition) is 2. The molecule has 0 aromatic heterocycles. The number of benzene rings is 1. The normalized spacial score (nSPS) is 9.77. The van der Waals surface area contributed by atoms with Crippen LogP contribution in [-0.2, 0) is 4.79 Å². The monoisotopic (exact) mass is 178 g/mol. The Morgan fingerprint density at radius 1 is 1.31 bits per heavy atom. The second-order valence-corrected chi connectivity index (χ2v) is 3.20. The highest BCUT2D eigenvalue weighted by atomic mass is 16.1. The van der Waals surface area contributed by atoms with Gasteiger partial charge in [0.25, 0.3) is 0 Å². The molecule has 0 heterocycles. The summed E-state index contributed by atoms with van der Waals surface area (Å²) in [5.74, 6) is -0.0661. The number of hydrogen-bond acceptors (Lipinski definition) is 2. The molecule has 3 heteroatoms. The molecule has 1 aromatic rings. The summed E-state index contributed by atoms with van der Waals surface area (Å²) < 4.78 is 0. The minimum absolute atomic E-state index is 0.0661. The molecular weight excluding hydrogens is 164 g/mol. The smallest absolute Gasteiger partial charge is 0.221 e. The number of rotatable bonds is 1. The molecule has 0 unspecified atom stereocenters. The van der Waals surface area contributed by atoms with Crippen LogP contribution in [0.3, 0.4) is 0 Å². The van der Waals surface area contributed by atoms with Crippen molar-refractivity contribution in [1.82, 2.24) is 0 Å². The zero-order chi connectivity index (χ0) is 10.0. The van der Waals surface area contributed by atoms with Gasteiger partial charge < -0.3 is 11.1 Å².